The molecule has 1 aliphatic carbocycles. The molecule has 13 rings (SSSR count). The minimum Gasteiger partial charge on any atom is -0.252 e. The van der Waals surface area contributed by atoms with Crippen LogP contribution in [0.2, 0.25) is 0 Å². The molecule has 0 radical (unpaired) electrons. The van der Waals surface area contributed by atoms with Crippen LogP contribution in [0.5, 0.6) is 0 Å². The summed E-state index contributed by atoms with van der Waals surface area (Å²) in [5, 5.41) is 0. The third-order valence-corrected chi connectivity index (χ3v) is 28.9. The number of hydrogen-bond acceptors (Lipinski definition) is 16. The lowest BCUT2D eigenvalue weighted by molar-refractivity contribution is 0.266. The zero-order valence-electron chi connectivity index (χ0n) is 50.8. The average molecular weight is 1330 g/mol. The molecule has 0 saturated carbocycles. The minimum atomic E-state index is -0.153. The molecule has 0 amide bonds. The fourth-order valence-corrected chi connectivity index (χ4v) is 23.3. The number of unbranched alkanes of at least 4 members (excludes halogenated alkanes) is 8. The maximum Gasteiger partial charge on any atom is 0.132 e. The Morgan fingerprint density at radius 3 is 1.10 bits per heavy atom. The van der Waals surface area contributed by atoms with Gasteiger partial charge in [-0.2, -0.15) is 17.5 Å². The number of pyridine rings is 2. The van der Waals surface area contributed by atoms with Crippen molar-refractivity contribution in [2.75, 3.05) is 0 Å². The fraction of sp³-hybridized carbons (Fsp3) is 0.408. The minimum absolute atomic E-state index is 0.153. The van der Waals surface area contributed by atoms with E-state index in [-0.39, 0.29) is 5.41 Å². The van der Waals surface area contributed by atoms with Crippen LogP contribution in [0.15, 0.2) is 97.3 Å². The number of aromatic nitrogens is 6. The van der Waals surface area contributed by atoms with E-state index >= 15 is 0 Å². The van der Waals surface area contributed by atoms with Crippen LogP contribution in [-0.2, 0) is 18.3 Å². The summed E-state index contributed by atoms with van der Waals surface area (Å²) in [7, 11) is 0. The first-order chi connectivity index (χ1) is 42.8. The Kier molecular flexibility index (Phi) is 19.7. The van der Waals surface area contributed by atoms with Gasteiger partial charge < -0.3 is 0 Å². The third kappa shape index (κ3) is 12.7. The molecule has 0 spiro atoms. The van der Waals surface area contributed by atoms with E-state index in [1.807, 2.05) is 90.7 Å². The van der Waals surface area contributed by atoms with Gasteiger partial charge in [-0.25, -0.2) is 0 Å². The molecule has 0 fully saturated rings. The van der Waals surface area contributed by atoms with E-state index in [0.717, 1.165) is 57.4 Å². The molecule has 2 unspecified atom stereocenters. The van der Waals surface area contributed by atoms with Gasteiger partial charge in [0.1, 0.15) is 33.5 Å². The first-order valence-corrected chi connectivity index (χ1v) is 39.9. The van der Waals surface area contributed by atoms with Crippen molar-refractivity contribution in [3.63, 3.8) is 0 Å². The SMILES string of the molecule is CCCCCCc1ccc(-c2ccc(-c3ccc(-c4cnc(-c5cc6c(s5)-c5sc(-c7ncc(-c8ccc(-c9ccc(-c%10ccc(CCCCCC)s%10)s9)s8)c8nsnc78)cc5C6(CC(CC)CCCC)CC(CC)CCCC)c5nsnc45)s3)s2)s1. The molecule has 16 heteroatoms. The Labute approximate surface area is 554 Å². The Morgan fingerprint density at radius 2 is 0.713 bits per heavy atom. The smallest absolute Gasteiger partial charge is 0.132 e. The zero-order valence-corrected chi connectivity index (χ0v) is 59.0. The molecule has 12 aromatic rings. The lowest BCUT2D eigenvalue weighted by Gasteiger charge is -2.37. The van der Waals surface area contributed by atoms with Gasteiger partial charge in [-0.3, -0.25) is 9.97 Å². The molecule has 1 aliphatic rings. The van der Waals surface area contributed by atoms with Crippen molar-refractivity contribution in [1.29, 1.82) is 0 Å². The number of hydrogen-bond donors (Lipinski definition) is 0. The monoisotopic (exact) mass is 1330 g/mol. The number of rotatable bonds is 30. The van der Waals surface area contributed by atoms with Crippen LogP contribution >= 0.6 is 114 Å². The van der Waals surface area contributed by atoms with E-state index in [0.29, 0.717) is 11.8 Å². The summed E-state index contributed by atoms with van der Waals surface area (Å²) in [5.74, 6) is 1.21. The highest BCUT2D eigenvalue weighted by Crippen LogP contribution is 2.63. The van der Waals surface area contributed by atoms with Crippen molar-refractivity contribution in [3.8, 4) is 90.8 Å². The number of aryl methyl sites for hydroxylation is 2. The summed E-state index contributed by atoms with van der Waals surface area (Å²) < 4.78 is 20.2. The lowest BCUT2D eigenvalue weighted by atomic mass is 9.65. The van der Waals surface area contributed by atoms with Crippen LogP contribution in [0.1, 0.15) is 178 Å². The van der Waals surface area contributed by atoms with Crippen molar-refractivity contribution >= 4 is 136 Å². The predicted molar refractivity (Wildman–Crippen MR) is 388 cm³/mol. The van der Waals surface area contributed by atoms with Crippen LogP contribution in [0.3, 0.4) is 0 Å². The molecule has 6 nitrogen and oxygen atoms in total. The second-order valence-electron chi connectivity index (χ2n) is 23.8. The van der Waals surface area contributed by atoms with E-state index < -0.39 is 0 Å². The largest absolute Gasteiger partial charge is 0.252 e. The number of fused-ring (bicyclic) bond motifs is 5. The van der Waals surface area contributed by atoms with Gasteiger partial charge in [-0.1, -0.05) is 131 Å². The van der Waals surface area contributed by atoms with Gasteiger partial charge in [0.25, 0.3) is 0 Å². The highest BCUT2D eigenvalue weighted by molar-refractivity contribution is 7.28. The van der Waals surface area contributed by atoms with Crippen molar-refractivity contribution in [1.82, 2.24) is 27.5 Å². The molecule has 0 aliphatic heterocycles. The molecule has 450 valence electrons. The Bertz CT molecular complexity index is 3970. The van der Waals surface area contributed by atoms with Gasteiger partial charge in [-0.05, 0) is 146 Å². The average Bonchev–Trinajstić information content (AvgIpc) is 1.58. The van der Waals surface area contributed by atoms with Crippen LogP contribution in [-0.4, -0.2) is 27.5 Å². The summed E-state index contributed by atoms with van der Waals surface area (Å²) in [6.07, 6.45) is 29.0. The second-order valence-corrected chi connectivity index (χ2v) is 33.6. The van der Waals surface area contributed by atoms with Gasteiger partial charge in [0.2, 0.25) is 0 Å². The molecule has 12 aromatic heterocycles. The van der Waals surface area contributed by atoms with E-state index in [9.17, 15) is 0 Å². The summed E-state index contributed by atoms with van der Waals surface area (Å²) in [6.45, 7) is 14.1. The molecule has 2 atom stereocenters. The van der Waals surface area contributed by atoms with Crippen LogP contribution < -0.4 is 0 Å². The van der Waals surface area contributed by atoms with E-state index in [2.05, 4.69) is 139 Å². The maximum atomic E-state index is 5.40. The molecule has 12 heterocycles. The van der Waals surface area contributed by atoms with Gasteiger partial charge >= 0.3 is 0 Å². The van der Waals surface area contributed by atoms with E-state index in [4.69, 9.17) is 27.5 Å². The maximum absolute atomic E-state index is 5.40. The van der Waals surface area contributed by atoms with Crippen molar-refractivity contribution < 1.29 is 0 Å². The highest BCUT2D eigenvalue weighted by Gasteiger charge is 2.48. The van der Waals surface area contributed by atoms with Gasteiger partial charge in [0.15, 0.2) is 0 Å². The highest BCUT2D eigenvalue weighted by atomic mass is 32.1. The third-order valence-electron chi connectivity index (χ3n) is 17.9. The van der Waals surface area contributed by atoms with Crippen LogP contribution in [0, 0.1) is 11.8 Å². The van der Waals surface area contributed by atoms with Crippen molar-refractivity contribution in [3.05, 3.63) is 118 Å². The lowest BCUT2D eigenvalue weighted by Crippen LogP contribution is -2.31. The first kappa shape index (κ1) is 61.4. The fourth-order valence-electron chi connectivity index (χ4n) is 13.0. The Balaban J connectivity index is 0.830. The summed E-state index contributed by atoms with van der Waals surface area (Å²) in [5.41, 5.74) is 10.5. The first-order valence-electron chi connectivity index (χ1n) is 31.9. The molecule has 0 aromatic carbocycles. The van der Waals surface area contributed by atoms with Gasteiger partial charge in [0.05, 0.1) is 33.2 Å². The Morgan fingerprint density at radius 1 is 0.356 bits per heavy atom. The predicted octanol–water partition coefficient (Wildman–Crippen LogP) is 26.0. The molecule has 0 saturated heterocycles. The second kappa shape index (κ2) is 28.0. The summed E-state index contributed by atoms with van der Waals surface area (Å²) in [6, 6.07) is 32.8. The van der Waals surface area contributed by atoms with E-state index in [1.54, 1.807) is 0 Å². The number of nitrogens with zero attached hydrogens (tertiary/aromatic N) is 6. The summed E-state index contributed by atoms with van der Waals surface area (Å²) >= 11 is 17.8. The number of thiophene rings is 8. The van der Waals surface area contributed by atoms with Crippen LogP contribution in [0.4, 0.5) is 0 Å². The molecular formula is C71H76N6S10. The zero-order chi connectivity index (χ0) is 59.4. The van der Waals surface area contributed by atoms with E-state index in [1.165, 1.54) is 228 Å². The molecule has 0 N–H and O–H groups in total. The normalized spacial score (nSPS) is 13.6. The molecular weight excluding hydrogens is 1260 g/mol. The summed E-state index contributed by atoms with van der Waals surface area (Å²) in [4.78, 5) is 31.9. The Hall–Kier alpha value is -4.46. The van der Waals surface area contributed by atoms with Crippen molar-refractivity contribution in [2.24, 2.45) is 11.8 Å². The van der Waals surface area contributed by atoms with Crippen LogP contribution in [0.25, 0.3) is 113 Å². The molecule has 0 bridgehead atoms. The van der Waals surface area contributed by atoms with Crippen molar-refractivity contribution in [2.45, 2.75) is 175 Å². The molecule has 87 heavy (non-hydrogen) atoms. The topological polar surface area (TPSA) is 77.3 Å². The van der Waals surface area contributed by atoms with Gasteiger partial charge in [0, 0.05) is 97.2 Å². The standard InChI is InChI=1S/C71H76N6S10/c1-7-13-17-19-23-45-25-27-53(78-45)55-33-35-59(82-55)57-31-29-51(80-57)47-41-72-65(67-63(47)74-86-76-67)61-37-49-69(84-61)70-50(71(49,39-43(11-5)21-15-9-3)40-44(12-6)22-16-10-4)38-62(85-70)66-68-64(75-87-77-68)48(42-73-66)52-30-32-58(81-52)60-36-34-56(83-60)54-28-26-46(79-54)24-20-18-14-8-2/h25-38,41-44H,7-24,39-40H2,1-6H3. The quantitative estimate of drug-likeness (QED) is 0.0418. The van der Waals surface area contributed by atoms with Gasteiger partial charge in [-0.15, -0.1) is 90.7 Å².